The molecule has 3 aliphatic carbocycles. The molecule has 0 spiro atoms. The molecular weight excluding hydrogens is 351 g/mol. The first-order valence-electron chi connectivity index (χ1n) is 10.8. The van der Waals surface area contributed by atoms with Crippen LogP contribution in [-0.4, -0.2) is 29.1 Å². The minimum atomic E-state index is -1.13. The fraction of sp³-hybridized carbons (Fsp3) is 0.600. The lowest BCUT2D eigenvalue weighted by Gasteiger charge is -2.42. The van der Waals surface area contributed by atoms with Gasteiger partial charge in [0.05, 0.1) is 6.10 Å². The highest BCUT2D eigenvalue weighted by Crippen LogP contribution is 2.56. The van der Waals surface area contributed by atoms with Gasteiger partial charge in [0.15, 0.2) is 0 Å². The molecule has 0 aromatic heterocycles. The maximum Gasteiger partial charge on any atom is 0.127 e. The van der Waals surface area contributed by atoms with Gasteiger partial charge < -0.3 is 10.2 Å². The number of hydrogen-bond acceptors (Lipinski definition) is 2. The second kappa shape index (κ2) is 8.92. The van der Waals surface area contributed by atoms with Gasteiger partial charge in [-0.15, -0.1) is 0 Å². The highest BCUT2D eigenvalue weighted by atomic mass is 19.1. The average Bonchev–Trinajstić information content (AvgIpc) is 3.01. The average molecular weight is 387 g/mol. The van der Waals surface area contributed by atoms with E-state index >= 15 is 0 Å². The predicted molar refractivity (Wildman–Crippen MR) is 114 cm³/mol. The van der Waals surface area contributed by atoms with E-state index in [9.17, 15) is 9.50 Å². The normalized spacial score (nSPS) is 37.5. The molecule has 0 saturated heterocycles. The third kappa shape index (κ3) is 4.26. The van der Waals surface area contributed by atoms with Crippen LogP contribution in [0.5, 0.6) is 0 Å². The molecule has 0 radical (unpaired) electrons. The summed E-state index contributed by atoms with van der Waals surface area (Å²) in [6.45, 7) is 8.75. The molecule has 2 saturated carbocycles. The standard InChI is InChI=1S/C25H35FO2/c1-17(7-4-5-14-27)22-11-12-23-19(8-6-13-25(22,23)3)9-10-20-15-21(28)16-24(26)18(20)2/h4,7,9-11,17,21,23-24,27-28H,2,5-6,8,12-16H2,1,3H3. The largest absolute Gasteiger partial charge is 0.396 e. The summed E-state index contributed by atoms with van der Waals surface area (Å²) in [5.74, 6) is 0.893. The number of fused-ring (bicyclic) bond motifs is 1. The zero-order valence-electron chi connectivity index (χ0n) is 17.3. The van der Waals surface area contributed by atoms with Crippen LogP contribution in [0.25, 0.3) is 0 Å². The summed E-state index contributed by atoms with van der Waals surface area (Å²) in [4.78, 5) is 0. The molecule has 0 bridgehead atoms. The van der Waals surface area contributed by atoms with Gasteiger partial charge in [-0.1, -0.05) is 62.0 Å². The number of allylic oxidation sites excluding steroid dienone is 7. The summed E-state index contributed by atoms with van der Waals surface area (Å²) in [7, 11) is 0. The summed E-state index contributed by atoms with van der Waals surface area (Å²) in [6.07, 6.45) is 15.1. The molecule has 5 unspecified atom stereocenters. The van der Waals surface area contributed by atoms with Crippen molar-refractivity contribution in [2.24, 2.45) is 17.3 Å². The van der Waals surface area contributed by atoms with Crippen LogP contribution < -0.4 is 0 Å². The van der Waals surface area contributed by atoms with Gasteiger partial charge >= 0.3 is 0 Å². The summed E-state index contributed by atoms with van der Waals surface area (Å²) >= 11 is 0. The molecule has 28 heavy (non-hydrogen) atoms. The van der Waals surface area contributed by atoms with Crippen molar-refractivity contribution < 1.29 is 14.6 Å². The Morgan fingerprint density at radius 2 is 2.18 bits per heavy atom. The van der Waals surface area contributed by atoms with E-state index in [2.05, 4.69) is 44.7 Å². The molecule has 0 amide bonds. The molecule has 0 aromatic rings. The number of aliphatic hydroxyl groups is 2. The van der Waals surface area contributed by atoms with Crippen molar-refractivity contribution in [3.8, 4) is 0 Å². The topological polar surface area (TPSA) is 40.5 Å². The third-order valence-electron chi connectivity index (χ3n) is 7.05. The van der Waals surface area contributed by atoms with Gasteiger partial charge in [0.1, 0.15) is 6.17 Å². The van der Waals surface area contributed by atoms with Crippen LogP contribution in [0.1, 0.15) is 58.8 Å². The van der Waals surface area contributed by atoms with Crippen molar-refractivity contribution in [1.82, 2.24) is 0 Å². The van der Waals surface area contributed by atoms with Crippen molar-refractivity contribution in [3.63, 3.8) is 0 Å². The van der Waals surface area contributed by atoms with Crippen molar-refractivity contribution in [2.75, 3.05) is 6.61 Å². The minimum absolute atomic E-state index is 0.169. The van der Waals surface area contributed by atoms with E-state index in [4.69, 9.17) is 5.11 Å². The number of rotatable bonds is 5. The molecule has 2 nitrogen and oxygen atoms in total. The van der Waals surface area contributed by atoms with Gasteiger partial charge in [0, 0.05) is 13.0 Å². The van der Waals surface area contributed by atoms with E-state index in [1.807, 2.05) is 6.08 Å². The van der Waals surface area contributed by atoms with Crippen LogP contribution in [-0.2, 0) is 0 Å². The van der Waals surface area contributed by atoms with E-state index in [0.717, 1.165) is 18.4 Å². The lowest BCUT2D eigenvalue weighted by molar-refractivity contribution is 0.124. The van der Waals surface area contributed by atoms with Gasteiger partial charge in [0.2, 0.25) is 0 Å². The second-order valence-electron chi connectivity index (χ2n) is 8.97. The smallest absolute Gasteiger partial charge is 0.127 e. The Kier molecular flexibility index (Phi) is 6.77. The van der Waals surface area contributed by atoms with Gasteiger partial charge in [-0.25, -0.2) is 4.39 Å². The molecule has 0 heterocycles. The lowest BCUT2D eigenvalue weighted by atomic mass is 9.62. The van der Waals surface area contributed by atoms with Crippen LogP contribution in [0.2, 0.25) is 0 Å². The van der Waals surface area contributed by atoms with Crippen LogP contribution >= 0.6 is 0 Å². The highest BCUT2D eigenvalue weighted by Gasteiger charge is 2.45. The van der Waals surface area contributed by atoms with Gasteiger partial charge in [-0.3, -0.25) is 0 Å². The molecule has 3 heteroatoms. The predicted octanol–water partition coefficient (Wildman–Crippen LogP) is 5.60. The zero-order chi connectivity index (χ0) is 20.3. The molecule has 2 N–H and O–H groups in total. The van der Waals surface area contributed by atoms with E-state index in [-0.39, 0.29) is 18.4 Å². The molecule has 0 aliphatic heterocycles. The van der Waals surface area contributed by atoms with Gasteiger partial charge in [0.25, 0.3) is 0 Å². The maximum absolute atomic E-state index is 14.0. The molecule has 154 valence electrons. The molecular formula is C25H35FO2. The van der Waals surface area contributed by atoms with E-state index in [1.54, 1.807) is 0 Å². The summed E-state index contributed by atoms with van der Waals surface area (Å²) in [5.41, 5.74) is 4.54. The summed E-state index contributed by atoms with van der Waals surface area (Å²) < 4.78 is 14.0. The van der Waals surface area contributed by atoms with E-state index in [1.165, 1.54) is 24.0 Å². The first-order valence-corrected chi connectivity index (χ1v) is 10.8. The highest BCUT2D eigenvalue weighted by molar-refractivity contribution is 5.40. The van der Waals surface area contributed by atoms with Crippen molar-refractivity contribution >= 4 is 0 Å². The number of halogens is 1. The molecule has 3 aliphatic rings. The van der Waals surface area contributed by atoms with Crippen LogP contribution in [0.4, 0.5) is 4.39 Å². The third-order valence-corrected chi connectivity index (χ3v) is 7.05. The van der Waals surface area contributed by atoms with E-state index in [0.29, 0.717) is 30.3 Å². The van der Waals surface area contributed by atoms with E-state index < -0.39 is 12.3 Å². The Balaban J connectivity index is 1.78. The molecule has 3 rings (SSSR count). The van der Waals surface area contributed by atoms with Gasteiger partial charge in [-0.2, -0.15) is 0 Å². The monoisotopic (exact) mass is 386 g/mol. The molecule has 0 aromatic carbocycles. The fourth-order valence-electron chi connectivity index (χ4n) is 5.47. The zero-order valence-corrected chi connectivity index (χ0v) is 17.3. The van der Waals surface area contributed by atoms with Crippen molar-refractivity contribution in [1.29, 1.82) is 0 Å². The minimum Gasteiger partial charge on any atom is -0.396 e. The first-order chi connectivity index (χ1) is 13.4. The Morgan fingerprint density at radius 3 is 2.93 bits per heavy atom. The quantitative estimate of drug-likeness (QED) is 0.604. The molecule has 5 atom stereocenters. The number of aliphatic hydroxyl groups excluding tert-OH is 2. The first kappa shape index (κ1) is 21.3. The number of alkyl halides is 1. The van der Waals surface area contributed by atoms with Crippen molar-refractivity contribution in [3.05, 3.63) is 59.3 Å². The number of hydrogen-bond donors (Lipinski definition) is 2. The Hall–Kier alpha value is -1.45. The lowest BCUT2D eigenvalue weighted by Crippen LogP contribution is -2.32. The fourth-order valence-corrected chi connectivity index (χ4v) is 5.47. The summed E-state index contributed by atoms with van der Waals surface area (Å²) in [5, 5.41) is 18.9. The van der Waals surface area contributed by atoms with Gasteiger partial charge in [-0.05, 0) is 66.9 Å². The molecule has 2 fully saturated rings. The second-order valence-corrected chi connectivity index (χ2v) is 8.97. The Labute approximate surface area is 169 Å². The van der Waals surface area contributed by atoms with Crippen LogP contribution in [0.15, 0.2) is 59.3 Å². The van der Waals surface area contributed by atoms with Crippen LogP contribution in [0.3, 0.4) is 0 Å². The Bertz CT molecular complexity index is 714. The Morgan fingerprint density at radius 1 is 1.39 bits per heavy atom. The van der Waals surface area contributed by atoms with Crippen molar-refractivity contribution in [2.45, 2.75) is 71.1 Å². The SMILES string of the molecule is C=C1C(=CC=C2CCCC3(C)C(C(C)C=CCCO)=CCC23)CC(O)CC1F. The summed E-state index contributed by atoms with van der Waals surface area (Å²) in [6, 6.07) is 0. The van der Waals surface area contributed by atoms with Crippen LogP contribution in [0, 0.1) is 17.3 Å². The maximum atomic E-state index is 14.0.